The molecule has 0 spiro atoms. The van der Waals surface area contributed by atoms with Crippen molar-refractivity contribution in [2.24, 2.45) is 0 Å². The Bertz CT molecular complexity index is 1630. The summed E-state index contributed by atoms with van der Waals surface area (Å²) in [7, 11) is -4.15. The SMILES string of the molecule is CCCNC(=O)[C@@H](Cc1ccccc1)N(Cc1ccccc1Cl)C(=O)CN(c1ccccc1C)S(=O)(=O)c1ccccc1. The van der Waals surface area contributed by atoms with Crippen LogP contribution in [-0.2, 0) is 32.6 Å². The lowest BCUT2D eigenvalue weighted by molar-refractivity contribution is -0.140. The molecule has 1 atom stereocenters. The summed E-state index contributed by atoms with van der Waals surface area (Å²) in [5, 5.41) is 3.39. The Balaban J connectivity index is 1.81. The van der Waals surface area contributed by atoms with E-state index >= 15 is 0 Å². The number of nitrogens with zero attached hydrogens (tertiary/aromatic N) is 2. The van der Waals surface area contributed by atoms with Crippen LogP contribution in [0, 0.1) is 6.92 Å². The van der Waals surface area contributed by atoms with Crippen molar-refractivity contribution in [3.05, 3.63) is 131 Å². The van der Waals surface area contributed by atoms with Crippen molar-refractivity contribution >= 4 is 39.1 Å². The Morgan fingerprint density at radius 3 is 2.09 bits per heavy atom. The van der Waals surface area contributed by atoms with Crippen LogP contribution in [0.15, 0.2) is 114 Å². The van der Waals surface area contributed by atoms with Crippen LogP contribution < -0.4 is 9.62 Å². The minimum Gasteiger partial charge on any atom is -0.354 e. The number of rotatable bonds is 13. The molecule has 7 nitrogen and oxygen atoms in total. The van der Waals surface area contributed by atoms with Gasteiger partial charge in [-0.05, 0) is 54.3 Å². The van der Waals surface area contributed by atoms with Crippen LogP contribution in [0.4, 0.5) is 5.69 Å². The topological polar surface area (TPSA) is 86.8 Å². The highest BCUT2D eigenvalue weighted by Gasteiger charge is 2.35. The Labute approximate surface area is 259 Å². The van der Waals surface area contributed by atoms with Gasteiger partial charge in [0.15, 0.2) is 0 Å². The lowest BCUT2D eigenvalue weighted by atomic mass is 10.0. The maximum absolute atomic E-state index is 14.4. The van der Waals surface area contributed by atoms with Gasteiger partial charge >= 0.3 is 0 Å². The Morgan fingerprint density at radius 1 is 0.837 bits per heavy atom. The van der Waals surface area contributed by atoms with Crippen molar-refractivity contribution in [1.29, 1.82) is 0 Å². The molecule has 0 heterocycles. The van der Waals surface area contributed by atoms with E-state index in [0.29, 0.717) is 28.4 Å². The summed E-state index contributed by atoms with van der Waals surface area (Å²) >= 11 is 6.53. The maximum atomic E-state index is 14.4. The number of sulfonamides is 1. The molecule has 0 aromatic heterocycles. The van der Waals surface area contributed by atoms with E-state index in [1.807, 2.05) is 49.4 Å². The van der Waals surface area contributed by atoms with E-state index < -0.39 is 28.5 Å². The number of para-hydroxylation sites is 1. The number of hydrogen-bond acceptors (Lipinski definition) is 4. The number of halogens is 1. The van der Waals surface area contributed by atoms with E-state index in [0.717, 1.165) is 16.3 Å². The summed E-state index contributed by atoms with van der Waals surface area (Å²) in [6.45, 7) is 3.69. The Morgan fingerprint density at radius 2 is 1.44 bits per heavy atom. The molecule has 9 heteroatoms. The quantitative estimate of drug-likeness (QED) is 0.199. The van der Waals surface area contributed by atoms with Gasteiger partial charge in [0.05, 0.1) is 10.6 Å². The first-order valence-electron chi connectivity index (χ1n) is 14.2. The van der Waals surface area contributed by atoms with Gasteiger partial charge in [-0.15, -0.1) is 0 Å². The molecular weight excluding hydrogens is 582 g/mol. The summed E-state index contributed by atoms with van der Waals surface area (Å²) in [6.07, 6.45) is 0.959. The van der Waals surface area contributed by atoms with Crippen LogP contribution in [-0.4, -0.2) is 44.3 Å². The fraction of sp³-hybridized carbons (Fsp3) is 0.235. The summed E-state index contributed by atoms with van der Waals surface area (Å²) in [5.41, 5.74) is 2.58. The summed E-state index contributed by atoms with van der Waals surface area (Å²) in [4.78, 5) is 29.6. The van der Waals surface area contributed by atoms with E-state index in [1.165, 1.54) is 17.0 Å². The number of anilines is 1. The fourth-order valence-electron chi connectivity index (χ4n) is 4.81. The number of aryl methyl sites for hydroxylation is 1. The van der Waals surface area contributed by atoms with E-state index in [1.54, 1.807) is 61.5 Å². The average molecular weight is 618 g/mol. The molecule has 0 saturated carbocycles. The zero-order chi connectivity index (χ0) is 30.8. The molecule has 0 unspecified atom stereocenters. The number of carbonyl (C=O) groups excluding carboxylic acids is 2. The van der Waals surface area contributed by atoms with E-state index in [4.69, 9.17) is 11.6 Å². The largest absolute Gasteiger partial charge is 0.354 e. The van der Waals surface area contributed by atoms with E-state index in [9.17, 15) is 18.0 Å². The first-order chi connectivity index (χ1) is 20.7. The molecule has 0 aliphatic heterocycles. The van der Waals surface area contributed by atoms with Crippen molar-refractivity contribution in [3.8, 4) is 0 Å². The summed E-state index contributed by atoms with van der Waals surface area (Å²) < 4.78 is 29.2. The van der Waals surface area contributed by atoms with Gasteiger partial charge < -0.3 is 10.2 Å². The third kappa shape index (κ3) is 8.03. The van der Waals surface area contributed by atoms with Crippen molar-refractivity contribution in [2.45, 2.75) is 44.2 Å². The van der Waals surface area contributed by atoms with Gasteiger partial charge in [0.1, 0.15) is 12.6 Å². The van der Waals surface area contributed by atoms with Gasteiger partial charge in [0, 0.05) is 24.5 Å². The number of hydrogen-bond donors (Lipinski definition) is 1. The maximum Gasteiger partial charge on any atom is 0.264 e. The zero-order valence-corrected chi connectivity index (χ0v) is 25.9. The number of carbonyl (C=O) groups is 2. The summed E-state index contributed by atoms with van der Waals surface area (Å²) in [6, 6.07) is 30.7. The molecule has 4 rings (SSSR count). The number of amides is 2. The third-order valence-electron chi connectivity index (χ3n) is 7.11. The Hall–Kier alpha value is -4.14. The molecule has 0 aliphatic carbocycles. The molecule has 0 fully saturated rings. The van der Waals surface area contributed by atoms with Crippen molar-refractivity contribution in [3.63, 3.8) is 0 Å². The molecule has 0 radical (unpaired) electrons. The molecule has 4 aromatic carbocycles. The van der Waals surface area contributed by atoms with Crippen LogP contribution in [0.25, 0.3) is 0 Å². The second-order valence-corrected chi connectivity index (χ2v) is 12.5. The molecular formula is C34H36ClN3O4S. The summed E-state index contributed by atoms with van der Waals surface area (Å²) in [5.74, 6) is -0.852. The molecule has 0 bridgehead atoms. The normalized spacial score (nSPS) is 11.9. The smallest absolute Gasteiger partial charge is 0.264 e. The highest BCUT2D eigenvalue weighted by atomic mass is 35.5. The van der Waals surface area contributed by atoms with Crippen LogP contribution in [0.5, 0.6) is 0 Å². The van der Waals surface area contributed by atoms with Crippen molar-refractivity contribution in [1.82, 2.24) is 10.2 Å². The third-order valence-corrected chi connectivity index (χ3v) is 9.26. The zero-order valence-electron chi connectivity index (χ0n) is 24.3. The van der Waals surface area contributed by atoms with E-state index in [2.05, 4.69) is 5.32 Å². The monoisotopic (exact) mass is 617 g/mol. The minimum absolute atomic E-state index is 0.0164. The standard InChI is InChI=1S/C34H36ClN3O4S/c1-3-22-36-34(40)32(23-27-15-6-4-7-16-27)37(24-28-17-11-12-20-30(28)35)33(39)25-38(31-21-13-10-14-26(31)2)43(41,42)29-18-8-5-9-19-29/h4-21,32H,3,22-25H2,1-2H3,(H,36,40)/t32-/m1/s1. The number of benzene rings is 4. The minimum atomic E-state index is -4.15. The van der Waals surface area contributed by atoms with Gasteiger partial charge in [0.2, 0.25) is 11.8 Å². The predicted octanol–water partition coefficient (Wildman–Crippen LogP) is 6.01. The highest BCUT2D eigenvalue weighted by Crippen LogP contribution is 2.28. The second kappa shape index (κ2) is 14.8. The van der Waals surface area contributed by atoms with Gasteiger partial charge in [-0.3, -0.25) is 13.9 Å². The second-order valence-electron chi connectivity index (χ2n) is 10.2. The lowest BCUT2D eigenvalue weighted by Gasteiger charge is -2.34. The average Bonchev–Trinajstić information content (AvgIpc) is 3.02. The molecule has 1 N–H and O–H groups in total. The van der Waals surface area contributed by atoms with Crippen LogP contribution >= 0.6 is 11.6 Å². The van der Waals surface area contributed by atoms with Gasteiger partial charge in [0.25, 0.3) is 10.0 Å². The van der Waals surface area contributed by atoms with Crippen LogP contribution in [0.3, 0.4) is 0 Å². The fourth-order valence-corrected chi connectivity index (χ4v) is 6.50. The van der Waals surface area contributed by atoms with E-state index in [-0.39, 0.29) is 23.8 Å². The molecule has 224 valence electrons. The van der Waals surface area contributed by atoms with Crippen molar-refractivity contribution < 1.29 is 18.0 Å². The Kier molecular flexibility index (Phi) is 11.0. The number of nitrogens with one attached hydrogen (secondary N) is 1. The molecule has 4 aromatic rings. The van der Waals surface area contributed by atoms with Crippen LogP contribution in [0.1, 0.15) is 30.0 Å². The highest BCUT2D eigenvalue weighted by molar-refractivity contribution is 7.92. The lowest BCUT2D eigenvalue weighted by Crippen LogP contribution is -2.53. The van der Waals surface area contributed by atoms with Gasteiger partial charge in [-0.2, -0.15) is 0 Å². The van der Waals surface area contributed by atoms with Gasteiger partial charge in [-0.25, -0.2) is 8.42 Å². The first kappa shape index (κ1) is 31.8. The molecule has 0 saturated heterocycles. The van der Waals surface area contributed by atoms with Gasteiger partial charge in [-0.1, -0.05) is 103 Å². The molecule has 43 heavy (non-hydrogen) atoms. The molecule has 2 amide bonds. The predicted molar refractivity (Wildman–Crippen MR) is 171 cm³/mol. The first-order valence-corrected chi connectivity index (χ1v) is 16.0. The van der Waals surface area contributed by atoms with Crippen LogP contribution in [0.2, 0.25) is 5.02 Å². The molecule has 0 aliphatic rings. The van der Waals surface area contributed by atoms with Crippen molar-refractivity contribution in [2.75, 3.05) is 17.4 Å².